The molecule has 2 unspecified atom stereocenters. The van der Waals surface area contributed by atoms with Gasteiger partial charge in [-0.1, -0.05) is 30.3 Å². The van der Waals surface area contributed by atoms with Crippen molar-refractivity contribution in [2.24, 2.45) is 0 Å². The third-order valence-electron chi connectivity index (χ3n) is 3.13. The number of nitrogen functional groups attached to an aromatic ring is 1. The zero-order valence-electron chi connectivity index (χ0n) is 10.1. The van der Waals surface area contributed by atoms with Crippen molar-refractivity contribution in [3.8, 4) is 5.88 Å². The number of nitrogens with zero attached hydrogens (tertiary/aromatic N) is 2. The number of nitro groups is 1. The lowest BCUT2D eigenvalue weighted by atomic mass is 9.93. The smallest absolute Gasteiger partial charge is 0.366 e. The number of hydrogen-bond acceptors (Lipinski definition) is 6. The molecule has 2 heterocycles. The lowest BCUT2D eigenvalue weighted by Gasteiger charge is -2.11. The number of anilines is 1. The van der Waals surface area contributed by atoms with Crippen LogP contribution >= 0.6 is 0 Å². The van der Waals surface area contributed by atoms with Crippen LogP contribution in [0.4, 0.5) is 5.95 Å². The molecule has 0 radical (unpaired) electrons. The molecule has 1 aliphatic heterocycles. The minimum absolute atomic E-state index is 0.0817. The van der Waals surface area contributed by atoms with Crippen LogP contribution in [-0.2, 0) is 0 Å². The molecule has 0 spiro atoms. The first-order chi connectivity index (χ1) is 9.58. The van der Waals surface area contributed by atoms with Crippen LogP contribution in [0.2, 0.25) is 0 Å². The highest BCUT2D eigenvalue weighted by Crippen LogP contribution is 2.39. The molecule has 2 aromatic rings. The van der Waals surface area contributed by atoms with E-state index in [9.17, 15) is 14.9 Å². The molecule has 20 heavy (non-hydrogen) atoms. The lowest BCUT2D eigenvalue weighted by Crippen LogP contribution is -2.30. The maximum absolute atomic E-state index is 12.0. The van der Waals surface area contributed by atoms with Gasteiger partial charge in [-0.3, -0.25) is 19.9 Å². The number of H-pyrrole nitrogens is 1. The van der Waals surface area contributed by atoms with Gasteiger partial charge in [-0.25, -0.2) is 0 Å². The summed E-state index contributed by atoms with van der Waals surface area (Å²) in [6.07, 6.45) is -1.39. The highest BCUT2D eigenvalue weighted by Gasteiger charge is 2.47. The van der Waals surface area contributed by atoms with E-state index in [1.54, 1.807) is 30.3 Å². The zero-order valence-corrected chi connectivity index (χ0v) is 10.1. The Balaban J connectivity index is 2.21. The quantitative estimate of drug-likeness (QED) is 0.606. The second kappa shape index (κ2) is 4.34. The molecule has 0 aliphatic carbocycles. The Morgan fingerprint density at radius 2 is 2.05 bits per heavy atom. The monoisotopic (exact) mass is 274 g/mol. The van der Waals surface area contributed by atoms with Crippen LogP contribution in [0.25, 0.3) is 0 Å². The second-order valence-electron chi connectivity index (χ2n) is 4.35. The van der Waals surface area contributed by atoms with Gasteiger partial charge >= 0.3 is 6.23 Å². The molecule has 102 valence electrons. The van der Waals surface area contributed by atoms with Gasteiger partial charge in [-0.05, 0) is 5.56 Å². The molecule has 0 bridgehead atoms. The van der Waals surface area contributed by atoms with Gasteiger partial charge in [0.2, 0.25) is 11.8 Å². The second-order valence-corrected chi connectivity index (χ2v) is 4.35. The summed E-state index contributed by atoms with van der Waals surface area (Å²) >= 11 is 0. The normalized spacial score (nSPS) is 20.2. The number of ether oxygens (including phenoxy) is 1. The summed E-state index contributed by atoms with van der Waals surface area (Å²) in [4.78, 5) is 28.7. The molecule has 3 N–H and O–H groups in total. The number of benzene rings is 1. The SMILES string of the molecule is Nc1nc2c(c(=O)[nH]1)C(c1ccccc1)C([N+](=O)[O-])O2. The number of nitrogens with two attached hydrogens (primary N) is 1. The summed E-state index contributed by atoms with van der Waals surface area (Å²) in [6, 6.07) is 8.67. The molecule has 2 atom stereocenters. The maximum Gasteiger partial charge on any atom is 0.366 e. The van der Waals surface area contributed by atoms with Gasteiger partial charge in [0, 0.05) is 0 Å². The molecule has 1 aliphatic rings. The van der Waals surface area contributed by atoms with Crippen molar-refractivity contribution in [3.63, 3.8) is 0 Å². The Kier molecular flexibility index (Phi) is 2.63. The van der Waals surface area contributed by atoms with Crippen molar-refractivity contribution in [3.05, 3.63) is 61.9 Å². The van der Waals surface area contributed by atoms with E-state index in [1.165, 1.54) is 0 Å². The van der Waals surface area contributed by atoms with Gasteiger partial charge in [0.1, 0.15) is 5.92 Å². The van der Waals surface area contributed by atoms with Gasteiger partial charge in [0.15, 0.2) is 0 Å². The van der Waals surface area contributed by atoms with Gasteiger partial charge in [-0.2, -0.15) is 4.98 Å². The van der Waals surface area contributed by atoms with Crippen LogP contribution in [0.3, 0.4) is 0 Å². The van der Waals surface area contributed by atoms with Crippen molar-refractivity contribution < 1.29 is 9.66 Å². The molecule has 8 nitrogen and oxygen atoms in total. The first-order valence-electron chi connectivity index (χ1n) is 5.82. The molecular formula is C12H10N4O4. The Bertz CT molecular complexity index is 728. The first-order valence-corrected chi connectivity index (χ1v) is 5.82. The van der Waals surface area contributed by atoms with Crippen molar-refractivity contribution >= 4 is 5.95 Å². The Morgan fingerprint density at radius 3 is 2.70 bits per heavy atom. The molecule has 0 saturated heterocycles. The van der Waals surface area contributed by atoms with E-state index in [0.717, 1.165) is 0 Å². The van der Waals surface area contributed by atoms with Crippen LogP contribution in [0.15, 0.2) is 35.1 Å². The van der Waals surface area contributed by atoms with E-state index in [0.29, 0.717) is 5.56 Å². The van der Waals surface area contributed by atoms with E-state index in [-0.39, 0.29) is 17.4 Å². The number of aromatic nitrogens is 2. The van der Waals surface area contributed by atoms with Crippen molar-refractivity contribution in [2.45, 2.75) is 12.1 Å². The van der Waals surface area contributed by atoms with Gasteiger partial charge < -0.3 is 10.5 Å². The lowest BCUT2D eigenvalue weighted by molar-refractivity contribution is -0.562. The summed E-state index contributed by atoms with van der Waals surface area (Å²) < 4.78 is 5.19. The van der Waals surface area contributed by atoms with Crippen LogP contribution in [-0.4, -0.2) is 21.1 Å². The molecule has 8 heteroatoms. The van der Waals surface area contributed by atoms with Crippen molar-refractivity contribution in [1.82, 2.24) is 9.97 Å². The van der Waals surface area contributed by atoms with E-state index < -0.39 is 22.6 Å². The zero-order chi connectivity index (χ0) is 14.3. The van der Waals surface area contributed by atoms with E-state index in [4.69, 9.17) is 10.5 Å². The van der Waals surface area contributed by atoms with Crippen molar-refractivity contribution in [1.29, 1.82) is 0 Å². The van der Waals surface area contributed by atoms with Gasteiger partial charge in [-0.15, -0.1) is 0 Å². The van der Waals surface area contributed by atoms with Crippen molar-refractivity contribution in [2.75, 3.05) is 5.73 Å². The fourth-order valence-electron chi connectivity index (χ4n) is 2.32. The van der Waals surface area contributed by atoms with E-state index in [1.807, 2.05) is 0 Å². The minimum Gasteiger partial charge on any atom is -0.411 e. The summed E-state index contributed by atoms with van der Waals surface area (Å²) in [5, 5.41) is 11.2. The van der Waals surface area contributed by atoms with Crippen LogP contribution in [0.5, 0.6) is 5.88 Å². The highest BCUT2D eigenvalue weighted by atomic mass is 16.7. The number of aromatic amines is 1. The number of hydrogen-bond donors (Lipinski definition) is 2. The standard InChI is InChI=1S/C12H10N4O4/c13-12-14-9(17)8-7(6-4-2-1-3-5-6)11(16(18)19)20-10(8)15-12/h1-5,7,11H,(H3,13,14,15,17). The fourth-order valence-corrected chi connectivity index (χ4v) is 2.32. The van der Waals surface area contributed by atoms with Crippen LogP contribution < -0.4 is 16.0 Å². The fraction of sp³-hybridized carbons (Fsp3) is 0.167. The first kappa shape index (κ1) is 12.2. The number of nitrogens with one attached hydrogen (secondary N) is 1. The topological polar surface area (TPSA) is 124 Å². The predicted molar refractivity (Wildman–Crippen MR) is 69.0 cm³/mol. The summed E-state index contributed by atoms with van der Waals surface area (Å²) in [5.74, 6) is -1.02. The Labute approximate surface area is 112 Å². The largest absolute Gasteiger partial charge is 0.411 e. The molecule has 1 aromatic heterocycles. The molecule has 1 aromatic carbocycles. The Hall–Kier alpha value is -2.90. The molecule has 0 amide bonds. The van der Waals surface area contributed by atoms with Gasteiger partial charge in [0.05, 0.1) is 10.5 Å². The molecule has 0 fully saturated rings. The van der Waals surface area contributed by atoms with E-state index >= 15 is 0 Å². The average molecular weight is 274 g/mol. The third kappa shape index (κ3) is 1.78. The highest BCUT2D eigenvalue weighted by molar-refractivity contribution is 5.43. The predicted octanol–water partition coefficient (Wildman–Crippen LogP) is 0.479. The van der Waals surface area contributed by atoms with Crippen LogP contribution in [0, 0.1) is 10.1 Å². The molecule has 0 saturated carbocycles. The number of fused-ring (bicyclic) bond motifs is 1. The Morgan fingerprint density at radius 1 is 1.35 bits per heavy atom. The van der Waals surface area contributed by atoms with Gasteiger partial charge in [0.25, 0.3) is 5.56 Å². The van der Waals surface area contributed by atoms with E-state index in [2.05, 4.69) is 9.97 Å². The molecule has 3 rings (SSSR count). The average Bonchev–Trinajstić information content (AvgIpc) is 2.79. The summed E-state index contributed by atoms with van der Waals surface area (Å²) in [6.45, 7) is 0. The maximum atomic E-state index is 12.0. The number of rotatable bonds is 2. The molecular weight excluding hydrogens is 264 g/mol. The van der Waals surface area contributed by atoms with Crippen LogP contribution in [0.1, 0.15) is 17.0 Å². The minimum atomic E-state index is -1.39. The third-order valence-corrected chi connectivity index (χ3v) is 3.13. The summed E-state index contributed by atoms with van der Waals surface area (Å²) in [7, 11) is 0. The summed E-state index contributed by atoms with van der Waals surface area (Å²) in [5.41, 5.74) is 5.65.